The van der Waals surface area contributed by atoms with E-state index in [1.54, 1.807) is 0 Å². The largest absolute Gasteiger partial charge is 0.455 e. The zero-order valence-electron chi connectivity index (χ0n) is 37.8. The number of fused-ring (bicyclic) bond motifs is 12. The molecule has 4 heteroatoms. The number of nitrogens with one attached hydrogen (secondary N) is 1. The first-order valence-electron chi connectivity index (χ1n) is 22.8. The molecular weight excluding hydrogens is 791 g/mol. The molecule has 0 saturated heterocycles. The zero-order chi connectivity index (χ0) is 44.5. The smallest absolute Gasteiger partial charge is 0.159 e. The summed E-state index contributed by atoms with van der Waals surface area (Å²) in [6.07, 6.45) is 10.4. The van der Waals surface area contributed by atoms with Crippen LogP contribution in [0.15, 0.2) is 214 Å². The van der Waals surface area contributed by atoms with Gasteiger partial charge < -0.3 is 9.73 Å². The van der Waals surface area contributed by atoms with E-state index in [1.807, 2.05) is 19.1 Å². The van der Waals surface area contributed by atoms with Gasteiger partial charge in [0, 0.05) is 27.3 Å². The van der Waals surface area contributed by atoms with Gasteiger partial charge in [0.2, 0.25) is 0 Å². The summed E-state index contributed by atoms with van der Waals surface area (Å²) in [6.45, 7) is 13.2. The van der Waals surface area contributed by atoms with Crippen molar-refractivity contribution in [2.45, 2.75) is 58.5 Å². The summed E-state index contributed by atoms with van der Waals surface area (Å²) >= 11 is 0. The summed E-state index contributed by atoms with van der Waals surface area (Å²) in [6, 6.07) is 57.5. The van der Waals surface area contributed by atoms with Crippen LogP contribution >= 0.6 is 0 Å². The van der Waals surface area contributed by atoms with Crippen LogP contribution in [0.5, 0.6) is 0 Å². The lowest BCUT2D eigenvalue weighted by atomic mass is 9.55. The van der Waals surface area contributed by atoms with Crippen molar-refractivity contribution in [3.63, 3.8) is 0 Å². The zero-order valence-corrected chi connectivity index (χ0v) is 37.8. The Balaban J connectivity index is 0.947. The maximum absolute atomic E-state index is 6.38. The van der Waals surface area contributed by atoms with Gasteiger partial charge in [-0.15, -0.1) is 0 Å². The number of amidine groups is 2. The van der Waals surface area contributed by atoms with Crippen molar-refractivity contribution in [1.82, 2.24) is 5.32 Å². The highest BCUT2D eigenvalue weighted by Gasteiger charge is 2.53. The quantitative estimate of drug-likeness (QED) is 0.163. The lowest BCUT2D eigenvalue weighted by Crippen LogP contribution is -2.40. The van der Waals surface area contributed by atoms with Crippen LogP contribution in [0, 0.1) is 0 Å². The SMILES string of the molecule is C/C=C\C(=C/C)C1N=C(c2ccc(-c3cccc4c3oc3ccccc34)cc2)N=C(/C(C)=C/C=C(\C)c2ccc3c(c2)-c2ccccc2C32c3ccccc3C(C)(C)c3ccccc32)N1. The molecule has 1 aromatic heterocycles. The fourth-order valence-corrected chi connectivity index (χ4v) is 10.8. The molecule has 2 heterocycles. The first-order chi connectivity index (χ1) is 31.7. The molecule has 1 atom stereocenters. The molecule has 316 valence electrons. The van der Waals surface area contributed by atoms with E-state index in [4.69, 9.17) is 14.4 Å². The average Bonchev–Trinajstić information content (AvgIpc) is 3.88. The predicted octanol–water partition coefficient (Wildman–Crippen LogP) is 14.9. The average molecular weight is 842 g/mol. The molecule has 0 amide bonds. The highest BCUT2D eigenvalue weighted by Crippen LogP contribution is 2.62. The van der Waals surface area contributed by atoms with Crippen LogP contribution < -0.4 is 5.32 Å². The predicted molar refractivity (Wildman–Crippen MR) is 272 cm³/mol. The van der Waals surface area contributed by atoms with Gasteiger partial charge in [0.15, 0.2) is 5.84 Å². The minimum absolute atomic E-state index is 0.123. The number of aliphatic imine (C=N–C) groups is 2. The number of allylic oxidation sites excluding steroid dienone is 5. The molecule has 2 aliphatic carbocycles. The Hall–Kier alpha value is -7.56. The number of benzene rings is 7. The topological polar surface area (TPSA) is 49.9 Å². The molecular formula is C61H51N3O. The van der Waals surface area contributed by atoms with Crippen molar-refractivity contribution < 1.29 is 4.42 Å². The Labute approximate surface area is 381 Å². The first-order valence-corrected chi connectivity index (χ1v) is 22.8. The number of nitrogens with zero attached hydrogens (tertiary/aromatic N) is 2. The van der Waals surface area contributed by atoms with E-state index in [2.05, 4.69) is 216 Å². The maximum atomic E-state index is 6.38. The van der Waals surface area contributed by atoms with Gasteiger partial charge in [-0.05, 0) is 112 Å². The van der Waals surface area contributed by atoms with Crippen molar-refractivity contribution in [3.8, 4) is 22.3 Å². The molecule has 0 bridgehead atoms. The van der Waals surface area contributed by atoms with Crippen LogP contribution in [0.3, 0.4) is 0 Å². The second-order valence-electron chi connectivity index (χ2n) is 18.1. The molecule has 1 unspecified atom stereocenters. The van der Waals surface area contributed by atoms with E-state index in [9.17, 15) is 0 Å². The van der Waals surface area contributed by atoms with Crippen LogP contribution in [0.1, 0.15) is 86.1 Å². The van der Waals surface area contributed by atoms with Crippen LogP contribution in [0.25, 0.3) is 49.8 Å². The molecule has 65 heavy (non-hydrogen) atoms. The Bertz CT molecular complexity index is 3370. The summed E-state index contributed by atoms with van der Waals surface area (Å²) in [5.74, 6) is 1.49. The van der Waals surface area contributed by atoms with Crippen LogP contribution in [-0.2, 0) is 10.8 Å². The molecule has 0 fully saturated rings. The monoisotopic (exact) mass is 841 g/mol. The minimum atomic E-state index is -0.399. The van der Waals surface area contributed by atoms with Crippen molar-refractivity contribution >= 4 is 39.2 Å². The summed E-state index contributed by atoms with van der Waals surface area (Å²) in [4.78, 5) is 10.3. The van der Waals surface area contributed by atoms with Gasteiger partial charge in [0.25, 0.3) is 0 Å². The second-order valence-corrected chi connectivity index (χ2v) is 18.1. The minimum Gasteiger partial charge on any atom is -0.455 e. The molecule has 0 radical (unpaired) electrons. The fourth-order valence-electron chi connectivity index (χ4n) is 10.8. The van der Waals surface area contributed by atoms with E-state index in [1.165, 1.54) is 55.6 Å². The first kappa shape index (κ1) is 40.2. The van der Waals surface area contributed by atoms with E-state index in [0.717, 1.165) is 55.6 Å². The third-order valence-corrected chi connectivity index (χ3v) is 14.1. The van der Waals surface area contributed by atoms with Gasteiger partial charge in [-0.25, -0.2) is 9.98 Å². The van der Waals surface area contributed by atoms with Gasteiger partial charge in [-0.3, -0.25) is 0 Å². The fraction of sp³-hybridized carbons (Fsp3) is 0.148. The molecule has 1 aliphatic heterocycles. The van der Waals surface area contributed by atoms with Gasteiger partial charge >= 0.3 is 0 Å². The molecule has 0 saturated carbocycles. The van der Waals surface area contributed by atoms with Gasteiger partial charge in [-0.1, -0.05) is 190 Å². The van der Waals surface area contributed by atoms with Gasteiger partial charge in [0.1, 0.15) is 23.2 Å². The normalized spacial score (nSPS) is 17.4. The summed E-state index contributed by atoms with van der Waals surface area (Å²) in [7, 11) is 0. The Morgan fingerprint density at radius 1 is 0.585 bits per heavy atom. The molecule has 8 aromatic rings. The number of hydrogen-bond donors (Lipinski definition) is 1. The van der Waals surface area contributed by atoms with E-state index in [0.29, 0.717) is 5.84 Å². The molecule has 7 aromatic carbocycles. The van der Waals surface area contributed by atoms with E-state index in [-0.39, 0.29) is 11.6 Å². The van der Waals surface area contributed by atoms with Crippen LogP contribution in [0.2, 0.25) is 0 Å². The number of furan rings is 1. The van der Waals surface area contributed by atoms with Crippen molar-refractivity contribution in [2.24, 2.45) is 9.98 Å². The number of hydrogen-bond acceptors (Lipinski definition) is 4. The lowest BCUT2D eigenvalue weighted by molar-refractivity contribution is 0.563. The highest BCUT2D eigenvalue weighted by molar-refractivity contribution is 6.13. The molecule has 11 rings (SSSR count). The maximum Gasteiger partial charge on any atom is 0.159 e. The lowest BCUT2D eigenvalue weighted by Gasteiger charge is -2.46. The highest BCUT2D eigenvalue weighted by atomic mass is 16.3. The molecule has 1 N–H and O–H groups in total. The summed E-state index contributed by atoms with van der Waals surface area (Å²) < 4.78 is 6.38. The van der Waals surface area contributed by atoms with Crippen molar-refractivity contribution in [1.29, 1.82) is 0 Å². The summed E-state index contributed by atoms with van der Waals surface area (Å²) in [5, 5.41) is 5.90. The third-order valence-electron chi connectivity index (χ3n) is 14.1. The van der Waals surface area contributed by atoms with E-state index < -0.39 is 5.41 Å². The van der Waals surface area contributed by atoms with Crippen molar-refractivity contribution in [3.05, 3.63) is 244 Å². The van der Waals surface area contributed by atoms with Crippen molar-refractivity contribution in [2.75, 3.05) is 0 Å². The molecule has 1 spiro atoms. The van der Waals surface area contributed by atoms with Crippen LogP contribution in [-0.4, -0.2) is 17.8 Å². The summed E-state index contributed by atoms with van der Waals surface area (Å²) in [5.41, 5.74) is 19.6. The standard InChI is InChI=1S/C61H51N3O/c1-7-18-40(8-2)58-62-57(63-59(64-58)42-33-31-41(32-34-42)44-21-17-22-47-46-20-10-16-28-55(46)65-56(44)47)39(4)30-29-38(3)43-35-36-50-48(37-43)45-19-9-11-23-49(45)61(50)53-26-14-12-24-51(53)60(5,6)52-25-13-15-27-54(52)61/h7-37,58H,1-6H3,(H,62,63,64)/b18-7-,38-29+,39-30+,40-8+. The molecule has 4 nitrogen and oxygen atoms in total. The number of rotatable bonds is 7. The van der Waals surface area contributed by atoms with Crippen LogP contribution in [0.4, 0.5) is 0 Å². The Kier molecular flexibility index (Phi) is 9.66. The third kappa shape index (κ3) is 6.26. The van der Waals surface area contributed by atoms with Gasteiger partial charge in [-0.2, -0.15) is 0 Å². The molecule has 3 aliphatic rings. The van der Waals surface area contributed by atoms with Gasteiger partial charge in [0.05, 0.1) is 5.41 Å². The number of para-hydroxylation sites is 2. The Morgan fingerprint density at radius 3 is 1.91 bits per heavy atom. The Morgan fingerprint density at radius 2 is 1.18 bits per heavy atom. The van der Waals surface area contributed by atoms with E-state index >= 15 is 0 Å². The second kappa shape index (κ2) is 15.6.